The van der Waals surface area contributed by atoms with E-state index in [0.717, 1.165) is 161 Å². The first-order valence-corrected chi connectivity index (χ1v) is 42.2. The summed E-state index contributed by atoms with van der Waals surface area (Å²) in [5.74, 6) is -2.18. The van der Waals surface area contributed by atoms with Crippen molar-refractivity contribution in [3.05, 3.63) is 72.9 Å². The Morgan fingerprint density at radius 2 is 0.531 bits per heavy atom. The topological polar surface area (TPSA) is 237 Å². The third kappa shape index (κ3) is 70.9. The Bertz CT molecular complexity index is 2140. The van der Waals surface area contributed by atoms with Gasteiger partial charge in [0.25, 0.3) is 0 Å². The van der Waals surface area contributed by atoms with Crippen molar-refractivity contribution in [3.8, 4) is 0 Å². The molecule has 0 aromatic heterocycles. The van der Waals surface area contributed by atoms with Crippen LogP contribution >= 0.6 is 15.6 Å². The molecule has 17 nitrogen and oxygen atoms in total. The van der Waals surface area contributed by atoms with E-state index >= 15 is 0 Å². The van der Waals surface area contributed by atoms with Gasteiger partial charge in [-0.3, -0.25) is 37.3 Å². The van der Waals surface area contributed by atoms with E-state index in [1.165, 1.54) is 109 Å². The number of phosphoric ester groups is 2. The first-order valence-electron chi connectivity index (χ1n) is 39.2. The molecule has 0 aromatic carbocycles. The zero-order valence-corrected chi connectivity index (χ0v) is 64.0. The molecular weight excluding hydrogens is 1280 g/mol. The van der Waals surface area contributed by atoms with Crippen molar-refractivity contribution < 1.29 is 80.2 Å². The quantitative estimate of drug-likeness (QED) is 0.0169. The molecule has 0 aliphatic carbocycles. The van der Waals surface area contributed by atoms with Crippen LogP contribution in [0.5, 0.6) is 0 Å². The molecule has 0 spiro atoms. The molecule has 0 fully saturated rings. The van der Waals surface area contributed by atoms with Crippen LogP contribution in [-0.2, 0) is 65.4 Å². The summed E-state index contributed by atoms with van der Waals surface area (Å²) >= 11 is 0. The normalized spacial score (nSPS) is 14.3. The molecule has 0 aromatic rings. The number of hydrogen-bond donors (Lipinski definition) is 3. The summed E-state index contributed by atoms with van der Waals surface area (Å²) in [6, 6.07) is 0. The summed E-state index contributed by atoms with van der Waals surface area (Å²) in [4.78, 5) is 72.8. The molecule has 5 unspecified atom stereocenters. The van der Waals surface area contributed by atoms with E-state index in [1.54, 1.807) is 0 Å². The van der Waals surface area contributed by atoms with Crippen LogP contribution in [0.15, 0.2) is 72.9 Å². The number of rotatable bonds is 74. The van der Waals surface area contributed by atoms with E-state index < -0.39 is 97.5 Å². The van der Waals surface area contributed by atoms with Crippen LogP contribution in [0.25, 0.3) is 0 Å². The van der Waals surface area contributed by atoms with Gasteiger partial charge in [-0.2, -0.15) is 0 Å². The molecule has 3 N–H and O–H groups in total. The number of aliphatic hydroxyl groups excluding tert-OH is 1. The van der Waals surface area contributed by atoms with Crippen molar-refractivity contribution >= 4 is 39.5 Å². The molecule has 0 saturated heterocycles. The minimum Gasteiger partial charge on any atom is -0.462 e. The van der Waals surface area contributed by atoms with Gasteiger partial charge in [0, 0.05) is 25.7 Å². The van der Waals surface area contributed by atoms with Crippen molar-refractivity contribution in [2.24, 2.45) is 0 Å². The first-order chi connectivity index (χ1) is 47.7. The zero-order valence-electron chi connectivity index (χ0n) is 62.2. The van der Waals surface area contributed by atoms with Gasteiger partial charge in [0.1, 0.15) is 19.3 Å². The monoisotopic (exact) mass is 1420 g/mol. The summed E-state index contributed by atoms with van der Waals surface area (Å²) < 4.78 is 68.5. The largest absolute Gasteiger partial charge is 0.472 e. The Kier molecular flexibility index (Phi) is 69.3. The molecule has 0 heterocycles. The van der Waals surface area contributed by atoms with Crippen LogP contribution in [0.4, 0.5) is 0 Å². The molecule has 5 atom stereocenters. The molecule has 0 rings (SSSR count). The maximum absolute atomic E-state index is 13.1. The first kappa shape index (κ1) is 94.5. The second kappa shape index (κ2) is 71.9. The highest BCUT2D eigenvalue weighted by molar-refractivity contribution is 7.47. The Morgan fingerprint density at radius 3 is 0.837 bits per heavy atom. The van der Waals surface area contributed by atoms with Gasteiger partial charge in [0.2, 0.25) is 0 Å². The lowest BCUT2D eigenvalue weighted by Gasteiger charge is -2.21. The second-order valence-corrected chi connectivity index (χ2v) is 29.2. The molecule has 0 bridgehead atoms. The number of unbranched alkanes of at least 4 members (excludes halogenated alkanes) is 36. The van der Waals surface area contributed by atoms with E-state index in [9.17, 15) is 43.2 Å². The summed E-state index contributed by atoms with van der Waals surface area (Å²) in [5.41, 5.74) is 0. The molecule has 0 radical (unpaired) electrons. The highest BCUT2D eigenvalue weighted by Gasteiger charge is 2.30. The number of phosphoric acid groups is 2. The lowest BCUT2D eigenvalue weighted by atomic mass is 10.0. The van der Waals surface area contributed by atoms with Crippen molar-refractivity contribution in [3.63, 3.8) is 0 Å². The number of esters is 4. The minimum atomic E-state index is -4.97. The van der Waals surface area contributed by atoms with E-state index in [2.05, 4.69) is 101 Å². The molecule has 0 aliphatic rings. The number of aliphatic hydroxyl groups is 1. The summed E-state index contributed by atoms with van der Waals surface area (Å²) in [7, 11) is -9.94. The third-order valence-electron chi connectivity index (χ3n) is 16.7. The lowest BCUT2D eigenvalue weighted by Crippen LogP contribution is -2.30. The van der Waals surface area contributed by atoms with Gasteiger partial charge in [0.15, 0.2) is 12.2 Å². The lowest BCUT2D eigenvalue weighted by molar-refractivity contribution is -0.161. The van der Waals surface area contributed by atoms with Gasteiger partial charge in [0.05, 0.1) is 26.4 Å². The van der Waals surface area contributed by atoms with Crippen molar-refractivity contribution in [1.82, 2.24) is 0 Å². The fourth-order valence-corrected chi connectivity index (χ4v) is 12.3. The SMILES string of the molecule is CC/C=C\C/C=C\C/C=C\C/C=C\CCCCCCCCC(=O)OCC(COP(=O)(O)OCC(O)COP(=O)(O)OCC(COC(=O)CCCCCCC/C=C\C/C=C\CCCCC)OC(=O)CCCCCCCCCCCCCCC)OC(=O)CCCCCCCCCCCCC. The highest BCUT2D eigenvalue weighted by atomic mass is 31.2. The third-order valence-corrected chi connectivity index (χ3v) is 18.6. The minimum absolute atomic E-state index is 0.0960. The van der Waals surface area contributed by atoms with Crippen LogP contribution in [0.2, 0.25) is 0 Å². The predicted molar refractivity (Wildman–Crippen MR) is 400 cm³/mol. The Balaban J connectivity index is 5.29. The van der Waals surface area contributed by atoms with Crippen LogP contribution < -0.4 is 0 Å². The maximum atomic E-state index is 13.1. The van der Waals surface area contributed by atoms with E-state index in [-0.39, 0.29) is 25.7 Å². The fraction of sp³-hybridized carbons (Fsp3) is 0.797. The zero-order chi connectivity index (χ0) is 71.8. The number of carbonyl (C=O) groups is 4. The van der Waals surface area contributed by atoms with Gasteiger partial charge in [-0.1, -0.05) is 300 Å². The van der Waals surface area contributed by atoms with E-state index in [0.29, 0.717) is 25.7 Å². The smallest absolute Gasteiger partial charge is 0.462 e. The van der Waals surface area contributed by atoms with Crippen molar-refractivity contribution in [2.75, 3.05) is 39.6 Å². The summed E-state index contributed by atoms with van der Waals surface area (Å²) in [6.45, 7) is 4.75. The maximum Gasteiger partial charge on any atom is 0.472 e. The fourth-order valence-electron chi connectivity index (χ4n) is 10.7. The Hall–Kier alpha value is -3.50. The van der Waals surface area contributed by atoms with Crippen molar-refractivity contribution in [1.29, 1.82) is 0 Å². The molecule has 0 amide bonds. The Morgan fingerprint density at radius 1 is 0.296 bits per heavy atom. The van der Waals surface area contributed by atoms with Gasteiger partial charge in [-0.25, -0.2) is 9.13 Å². The van der Waals surface area contributed by atoms with Gasteiger partial charge >= 0.3 is 39.5 Å². The van der Waals surface area contributed by atoms with Gasteiger partial charge < -0.3 is 33.8 Å². The van der Waals surface area contributed by atoms with Crippen LogP contribution in [-0.4, -0.2) is 96.7 Å². The number of ether oxygens (including phenoxy) is 4. The average molecular weight is 1430 g/mol. The number of carbonyl (C=O) groups excluding carboxylic acids is 4. The highest BCUT2D eigenvalue weighted by Crippen LogP contribution is 2.45. The number of hydrogen-bond acceptors (Lipinski definition) is 15. The van der Waals surface area contributed by atoms with Gasteiger partial charge in [-0.05, 0) is 96.3 Å². The molecule has 570 valence electrons. The van der Waals surface area contributed by atoms with E-state index in [1.807, 2.05) is 0 Å². The van der Waals surface area contributed by atoms with Gasteiger partial charge in [-0.15, -0.1) is 0 Å². The average Bonchev–Trinajstić information content (AvgIpc) is 1.00. The standard InChI is InChI=1S/C79H142O17P2/c1-5-9-13-17-21-25-29-32-34-35-36-37-39-42-45-48-52-56-60-64-77(82)89-69-74(95-78(83)65-61-57-53-49-43-28-24-20-16-12-8-4)71-93-97(85,86)91-67-73(80)68-92-98(87,88)94-72-75(96-79(84)66-62-58-54-50-46-40-31-27-23-19-15-11-7-3)70-90-76(81)63-59-55-51-47-44-41-38-33-30-26-22-18-14-10-6-2/h9,13,21-22,25-26,32-34,36-38,73-75,80H,5-8,10-12,14-20,23-24,27-31,35,39-72H2,1-4H3,(H,85,86)(H,87,88)/b13-9-,25-21-,26-22-,34-32-,37-36-,38-33-. The van der Waals surface area contributed by atoms with Crippen LogP contribution in [0.1, 0.15) is 349 Å². The van der Waals surface area contributed by atoms with E-state index in [4.69, 9.17) is 37.0 Å². The van der Waals surface area contributed by atoms with Crippen LogP contribution in [0, 0.1) is 0 Å². The molecule has 98 heavy (non-hydrogen) atoms. The van der Waals surface area contributed by atoms with Crippen molar-refractivity contribution in [2.45, 2.75) is 367 Å². The Labute approximate surface area is 596 Å². The molecule has 19 heteroatoms. The predicted octanol–water partition coefficient (Wildman–Crippen LogP) is 22.4. The summed E-state index contributed by atoms with van der Waals surface area (Å²) in [6.07, 6.45) is 71.7. The molecule has 0 saturated carbocycles. The summed E-state index contributed by atoms with van der Waals surface area (Å²) in [5, 5.41) is 10.6. The number of allylic oxidation sites excluding steroid dienone is 12. The molecular formula is C79H142O17P2. The second-order valence-electron chi connectivity index (χ2n) is 26.3. The molecule has 0 aliphatic heterocycles. The van der Waals surface area contributed by atoms with Crippen LogP contribution in [0.3, 0.4) is 0 Å².